The maximum absolute atomic E-state index is 10.4. The van der Waals surface area contributed by atoms with Gasteiger partial charge in [0.1, 0.15) is 0 Å². The zero-order valence-corrected chi connectivity index (χ0v) is 10.6. The molecule has 0 heterocycles. The molecule has 2 rings (SSSR count). The molecule has 0 aromatic carbocycles. The summed E-state index contributed by atoms with van der Waals surface area (Å²) in [6.07, 6.45) is 3.99. The summed E-state index contributed by atoms with van der Waals surface area (Å²) in [5, 5.41) is 10.4. The molecule has 1 nitrogen and oxygen atoms in total. The molecule has 7 unspecified atom stereocenters. The standard InChI is InChI=1S/C14H26O/c1-8-5-6-9(2)13-12(8)7-10(3)11(4)14(13)15/h8-15H,5-7H2,1-4H3. The van der Waals surface area contributed by atoms with Crippen LogP contribution >= 0.6 is 0 Å². The number of aliphatic hydroxyl groups excluding tert-OH is 1. The molecule has 0 aliphatic heterocycles. The SMILES string of the molecule is CC1CC2C(C)CCC(C)C2C(O)C1C. The van der Waals surface area contributed by atoms with Crippen LogP contribution in [0, 0.1) is 35.5 Å². The molecule has 2 aliphatic rings. The van der Waals surface area contributed by atoms with Crippen molar-refractivity contribution in [2.75, 3.05) is 0 Å². The molecule has 2 fully saturated rings. The van der Waals surface area contributed by atoms with Gasteiger partial charge < -0.3 is 5.11 Å². The normalized spacial score (nSPS) is 56.2. The Bertz CT molecular complexity index is 225. The second kappa shape index (κ2) is 4.08. The van der Waals surface area contributed by atoms with E-state index in [1.165, 1.54) is 19.3 Å². The molecule has 2 aliphatic carbocycles. The van der Waals surface area contributed by atoms with Crippen LogP contribution in [0.15, 0.2) is 0 Å². The van der Waals surface area contributed by atoms with Crippen molar-refractivity contribution >= 4 is 0 Å². The minimum absolute atomic E-state index is 0.0449. The Labute approximate surface area is 94.3 Å². The first kappa shape index (κ1) is 11.4. The van der Waals surface area contributed by atoms with Crippen LogP contribution in [0.5, 0.6) is 0 Å². The van der Waals surface area contributed by atoms with Crippen molar-refractivity contribution in [1.82, 2.24) is 0 Å². The maximum Gasteiger partial charge on any atom is 0.0601 e. The van der Waals surface area contributed by atoms with Crippen molar-refractivity contribution in [3.63, 3.8) is 0 Å². The smallest absolute Gasteiger partial charge is 0.0601 e. The third-order valence-electron chi connectivity index (χ3n) is 5.43. The molecule has 0 spiro atoms. The lowest BCUT2D eigenvalue weighted by Gasteiger charge is -2.50. The Morgan fingerprint density at radius 2 is 1.47 bits per heavy atom. The Kier molecular flexibility index (Phi) is 3.12. The van der Waals surface area contributed by atoms with Gasteiger partial charge in [-0.1, -0.05) is 40.5 Å². The number of fused-ring (bicyclic) bond motifs is 1. The van der Waals surface area contributed by atoms with Crippen LogP contribution in [-0.4, -0.2) is 11.2 Å². The van der Waals surface area contributed by atoms with Crippen LogP contribution in [0.3, 0.4) is 0 Å². The van der Waals surface area contributed by atoms with Crippen LogP contribution in [0.2, 0.25) is 0 Å². The van der Waals surface area contributed by atoms with Crippen molar-refractivity contribution < 1.29 is 5.11 Å². The van der Waals surface area contributed by atoms with E-state index in [-0.39, 0.29) is 6.10 Å². The molecule has 0 amide bonds. The number of hydrogen-bond donors (Lipinski definition) is 1. The number of hydrogen-bond acceptors (Lipinski definition) is 1. The minimum Gasteiger partial charge on any atom is -0.393 e. The summed E-state index contributed by atoms with van der Waals surface area (Å²) in [5.41, 5.74) is 0. The predicted octanol–water partition coefficient (Wildman–Crippen LogP) is 3.32. The van der Waals surface area contributed by atoms with Crippen LogP contribution in [0.25, 0.3) is 0 Å². The molecule has 0 aromatic rings. The first-order valence-electron chi connectivity index (χ1n) is 6.70. The van der Waals surface area contributed by atoms with E-state index in [0.717, 1.165) is 17.8 Å². The summed E-state index contributed by atoms with van der Waals surface area (Å²) in [6.45, 7) is 9.28. The maximum atomic E-state index is 10.4. The van der Waals surface area contributed by atoms with E-state index in [1.807, 2.05) is 0 Å². The molecular formula is C14H26O. The van der Waals surface area contributed by atoms with Gasteiger partial charge in [-0.05, 0) is 41.9 Å². The highest BCUT2D eigenvalue weighted by molar-refractivity contribution is 4.95. The van der Waals surface area contributed by atoms with Crippen LogP contribution in [-0.2, 0) is 0 Å². The van der Waals surface area contributed by atoms with Crippen molar-refractivity contribution in [2.24, 2.45) is 35.5 Å². The monoisotopic (exact) mass is 210 g/mol. The largest absolute Gasteiger partial charge is 0.393 e. The Morgan fingerprint density at radius 3 is 2.13 bits per heavy atom. The second-order valence-corrected chi connectivity index (χ2v) is 6.34. The molecule has 15 heavy (non-hydrogen) atoms. The summed E-state index contributed by atoms with van der Waals surface area (Å²) < 4.78 is 0. The Balaban J connectivity index is 2.19. The average molecular weight is 210 g/mol. The molecule has 0 radical (unpaired) electrons. The molecule has 7 atom stereocenters. The molecule has 0 bridgehead atoms. The number of aliphatic hydroxyl groups is 1. The third-order valence-corrected chi connectivity index (χ3v) is 5.43. The summed E-state index contributed by atoms with van der Waals surface area (Å²) >= 11 is 0. The average Bonchev–Trinajstić information content (AvgIpc) is 2.20. The van der Waals surface area contributed by atoms with Gasteiger partial charge in [0.2, 0.25) is 0 Å². The van der Waals surface area contributed by atoms with E-state index < -0.39 is 0 Å². The molecule has 2 saturated carbocycles. The van der Waals surface area contributed by atoms with Crippen molar-refractivity contribution in [3.8, 4) is 0 Å². The van der Waals surface area contributed by atoms with Crippen LogP contribution in [0.1, 0.15) is 47.0 Å². The topological polar surface area (TPSA) is 20.2 Å². The van der Waals surface area contributed by atoms with Gasteiger partial charge in [0, 0.05) is 0 Å². The fourth-order valence-electron chi connectivity index (χ4n) is 4.04. The first-order valence-corrected chi connectivity index (χ1v) is 6.70. The van der Waals surface area contributed by atoms with Gasteiger partial charge in [0.25, 0.3) is 0 Å². The first-order chi connectivity index (χ1) is 7.02. The highest BCUT2D eigenvalue weighted by Gasteiger charge is 2.46. The molecule has 1 N–H and O–H groups in total. The van der Waals surface area contributed by atoms with Gasteiger partial charge in [-0.25, -0.2) is 0 Å². The van der Waals surface area contributed by atoms with Crippen LogP contribution in [0.4, 0.5) is 0 Å². The summed E-state index contributed by atoms with van der Waals surface area (Å²) in [7, 11) is 0. The van der Waals surface area contributed by atoms with Crippen molar-refractivity contribution in [3.05, 3.63) is 0 Å². The molecule has 88 valence electrons. The van der Waals surface area contributed by atoms with Crippen LogP contribution < -0.4 is 0 Å². The highest BCUT2D eigenvalue weighted by Crippen LogP contribution is 2.49. The van der Waals surface area contributed by atoms with Gasteiger partial charge in [-0.3, -0.25) is 0 Å². The lowest BCUT2D eigenvalue weighted by molar-refractivity contribution is -0.0898. The molecule has 0 aromatic heterocycles. The van der Waals surface area contributed by atoms with E-state index in [1.54, 1.807) is 0 Å². The van der Waals surface area contributed by atoms with E-state index in [9.17, 15) is 5.11 Å². The molecule has 1 heteroatoms. The van der Waals surface area contributed by atoms with E-state index in [4.69, 9.17) is 0 Å². The lowest BCUT2D eigenvalue weighted by Crippen LogP contribution is -2.49. The van der Waals surface area contributed by atoms with Gasteiger partial charge in [-0.15, -0.1) is 0 Å². The van der Waals surface area contributed by atoms with E-state index in [2.05, 4.69) is 27.7 Å². The summed E-state index contributed by atoms with van der Waals surface area (Å²) in [6, 6.07) is 0. The quantitative estimate of drug-likeness (QED) is 0.650. The minimum atomic E-state index is -0.0449. The van der Waals surface area contributed by atoms with Gasteiger partial charge in [-0.2, -0.15) is 0 Å². The van der Waals surface area contributed by atoms with Crippen molar-refractivity contribution in [2.45, 2.75) is 53.1 Å². The van der Waals surface area contributed by atoms with E-state index >= 15 is 0 Å². The third kappa shape index (κ3) is 1.84. The van der Waals surface area contributed by atoms with Gasteiger partial charge in [0.05, 0.1) is 6.10 Å². The fraction of sp³-hybridized carbons (Fsp3) is 1.00. The molecular weight excluding hydrogens is 184 g/mol. The van der Waals surface area contributed by atoms with E-state index in [0.29, 0.717) is 17.8 Å². The molecule has 0 saturated heterocycles. The highest BCUT2D eigenvalue weighted by atomic mass is 16.3. The Hall–Kier alpha value is -0.0400. The summed E-state index contributed by atoms with van der Waals surface area (Å²) in [5.74, 6) is 4.13. The number of rotatable bonds is 0. The lowest BCUT2D eigenvalue weighted by atomic mass is 9.56. The van der Waals surface area contributed by atoms with Gasteiger partial charge >= 0.3 is 0 Å². The second-order valence-electron chi connectivity index (χ2n) is 6.34. The zero-order valence-electron chi connectivity index (χ0n) is 10.6. The summed E-state index contributed by atoms with van der Waals surface area (Å²) in [4.78, 5) is 0. The predicted molar refractivity (Wildman–Crippen MR) is 63.5 cm³/mol. The van der Waals surface area contributed by atoms with Gasteiger partial charge in [0.15, 0.2) is 0 Å². The fourth-order valence-corrected chi connectivity index (χ4v) is 4.04. The van der Waals surface area contributed by atoms with Crippen molar-refractivity contribution in [1.29, 1.82) is 0 Å². The Morgan fingerprint density at radius 1 is 0.867 bits per heavy atom. The zero-order chi connectivity index (χ0) is 11.2.